The first-order valence-corrected chi connectivity index (χ1v) is 13.3. The predicted octanol–water partition coefficient (Wildman–Crippen LogP) is 3.85. The zero-order valence-corrected chi connectivity index (χ0v) is 23.5. The van der Waals surface area contributed by atoms with Gasteiger partial charge in [0.2, 0.25) is 11.9 Å². The molecule has 4 heterocycles. The van der Waals surface area contributed by atoms with Crippen molar-refractivity contribution < 1.29 is 22.9 Å². The van der Waals surface area contributed by atoms with E-state index in [2.05, 4.69) is 15.0 Å². The summed E-state index contributed by atoms with van der Waals surface area (Å²) in [4.78, 5) is 30.3. The quantitative estimate of drug-likeness (QED) is 0.415. The minimum absolute atomic E-state index is 0.0860. The second-order valence-electron chi connectivity index (χ2n) is 10.0. The van der Waals surface area contributed by atoms with Crippen molar-refractivity contribution in [2.45, 2.75) is 26.7 Å². The molecule has 5 rings (SSSR count). The van der Waals surface area contributed by atoms with Gasteiger partial charge >= 0.3 is 7.40 Å². The van der Waals surface area contributed by atoms with Crippen LogP contribution in [0, 0.1) is 0 Å². The van der Waals surface area contributed by atoms with E-state index in [1.807, 2.05) is 24.8 Å². The van der Waals surface area contributed by atoms with Crippen LogP contribution in [0.1, 0.15) is 31.7 Å². The van der Waals surface area contributed by atoms with Crippen molar-refractivity contribution in [2.75, 3.05) is 51.0 Å². The lowest BCUT2D eigenvalue weighted by atomic mass is 10.1. The van der Waals surface area contributed by atoms with Crippen LogP contribution in [0.2, 0.25) is 0 Å². The van der Waals surface area contributed by atoms with Gasteiger partial charge in [-0.05, 0) is 56.2 Å². The van der Waals surface area contributed by atoms with Crippen LogP contribution in [0.5, 0.6) is 11.5 Å². The van der Waals surface area contributed by atoms with Crippen LogP contribution in [0.3, 0.4) is 0 Å². The predicted molar refractivity (Wildman–Crippen MR) is 157 cm³/mol. The van der Waals surface area contributed by atoms with Crippen molar-refractivity contribution in [1.82, 2.24) is 19.3 Å². The van der Waals surface area contributed by atoms with Crippen molar-refractivity contribution in [3.63, 3.8) is 0 Å². The molecule has 41 heavy (non-hydrogen) atoms. The zero-order valence-electron chi connectivity index (χ0n) is 23.5. The first-order chi connectivity index (χ1) is 19.7. The summed E-state index contributed by atoms with van der Waals surface area (Å²) < 4.78 is 39.7. The molecule has 13 heteroatoms. The van der Waals surface area contributed by atoms with Gasteiger partial charge in [-0.15, -0.1) is 0 Å². The van der Waals surface area contributed by atoms with E-state index in [1.54, 1.807) is 49.5 Å². The van der Waals surface area contributed by atoms with Crippen molar-refractivity contribution in [1.29, 1.82) is 0 Å². The summed E-state index contributed by atoms with van der Waals surface area (Å²) in [7, 11) is 0.377. The van der Waals surface area contributed by atoms with Gasteiger partial charge in [-0.2, -0.15) is 4.98 Å². The summed E-state index contributed by atoms with van der Waals surface area (Å²) in [5.41, 5.74) is 10.1. The van der Waals surface area contributed by atoms with Crippen LogP contribution >= 0.6 is 0 Å². The Morgan fingerprint density at radius 3 is 2.41 bits per heavy atom. The lowest BCUT2D eigenvalue weighted by Crippen LogP contribution is -2.49. The summed E-state index contributed by atoms with van der Waals surface area (Å²) in [5, 5.41) is 0.658. The number of anilines is 2. The molecule has 214 valence electrons. The molecule has 0 radical (unpaired) electrons. The molecule has 1 saturated heterocycles. The number of amides is 1. The average molecular weight is 563 g/mol. The molecule has 0 bridgehead atoms. The second kappa shape index (κ2) is 11.6. The number of piperazine rings is 1. The maximum atomic E-state index is 14.0. The number of nitrogens with zero attached hydrogens (tertiary/aromatic N) is 6. The number of carbonyl (C=O) groups is 1. The number of ether oxygens (including phenoxy) is 2. The van der Waals surface area contributed by atoms with Crippen LogP contribution in [0.15, 0.2) is 46.6 Å². The van der Waals surface area contributed by atoms with Crippen LogP contribution in [0.4, 0.5) is 20.4 Å². The monoisotopic (exact) mass is 563 g/mol. The van der Waals surface area contributed by atoms with E-state index >= 15 is 0 Å². The van der Waals surface area contributed by atoms with Gasteiger partial charge in [-0.1, -0.05) is 0 Å². The number of hydrogen-bond donors (Lipinski definition) is 1. The van der Waals surface area contributed by atoms with Crippen LogP contribution < -0.4 is 20.1 Å². The number of rotatable bonds is 8. The average Bonchev–Trinajstić information content (AvgIpc) is 3.52. The molecular formula is C28H32BF2N7O3. The van der Waals surface area contributed by atoms with Gasteiger partial charge in [0.05, 0.1) is 25.4 Å². The number of aromatic nitrogens is 3. The second-order valence-corrected chi connectivity index (χ2v) is 10.0. The summed E-state index contributed by atoms with van der Waals surface area (Å²) >= 11 is 0. The molecule has 1 amide bonds. The Hall–Kier alpha value is -4.42. The number of halogens is 2. The van der Waals surface area contributed by atoms with Gasteiger partial charge in [-0.3, -0.25) is 18.4 Å². The smallest absolute Gasteiger partial charge is 0.493 e. The molecule has 0 atom stereocenters. The standard InChI is InChI=1S/C28H32BF2N7O3/c1-17-13-18(2)33-22(17)14-20-6-5-19(38(20)29(30)31)7-8-26(39)36-9-11-37(12-10-36)28-34-23-16-25(41-4)24(40-3)15-21(23)27(32)35-28/h5-6,13-16H,7-12H2,1-4H3,(H2,32,34,35)/b22-14-. The van der Waals surface area contributed by atoms with E-state index in [0.29, 0.717) is 77.4 Å². The highest BCUT2D eigenvalue weighted by atomic mass is 19.2. The van der Waals surface area contributed by atoms with Crippen molar-refractivity contribution >= 4 is 47.8 Å². The number of aryl methyl sites for hydroxylation is 1. The molecular weight excluding hydrogens is 531 g/mol. The van der Waals surface area contributed by atoms with E-state index < -0.39 is 7.40 Å². The summed E-state index contributed by atoms with van der Waals surface area (Å²) in [6.07, 6.45) is 3.91. The van der Waals surface area contributed by atoms with Gasteiger partial charge in [0.15, 0.2) is 11.5 Å². The molecule has 0 unspecified atom stereocenters. The molecule has 2 N–H and O–H groups in total. The third-order valence-corrected chi connectivity index (χ3v) is 7.37. The van der Waals surface area contributed by atoms with Gasteiger partial charge in [0, 0.05) is 61.2 Å². The highest BCUT2D eigenvalue weighted by molar-refractivity contribution is 6.41. The third kappa shape index (κ3) is 5.75. The fourth-order valence-electron chi connectivity index (χ4n) is 5.21. The Morgan fingerprint density at radius 1 is 1.07 bits per heavy atom. The number of allylic oxidation sites excluding steroid dienone is 2. The minimum Gasteiger partial charge on any atom is -0.493 e. The normalized spacial score (nSPS) is 16.3. The highest BCUT2D eigenvalue weighted by Gasteiger charge is 2.26. The number of nitrogen functional groups attached to an aromatic ring is 1. The Labute approximate surface area is 237 Å². The van der Waals surface area contributed by atoms with Crippen LogP contribution in [-0.2, 0) is 11.2 Å². The van der Waals surface area contributed by atoms with Crippen molar-refractivity contribution in [3.05, 3.63) is 53.0 Å². The molecule has 2 aromatic heterocycles. The highest BCUT2D eigenvalue weighted by Crippen LogP contribution is 2.34. The van der Waals surface area contributed by atoms with E-state index in [9.17, 15) is 13.4 Å². The molecule has 2 aliphatic heterocycles. The van der Waals surface area contributed by atoms with E-state index in [0.717, 1.165) is 15.8 Å². The number of carbonyl (C=O) groups excluding carboxylic acids is 1. The van der Waals surface area contributed by atoms with Gasteiger partial charge in [-0.25, -0.2) is 4.98 Å². The maximum absolute atomic E-state index is 14.0. The van der Waals surface area contributed by atoms with Gasteiger partial charge in [0.25, 0.3) is 0 Å². The zero-order chi connectivity index (χ0) is 29.3. The van der Waals surface area contributed by atoms with Gasteiger partial charge in [0.1, 0.15) is 5.82 Å². The first kappa shape index (κ1) is 28.1. The van der Waals surface area contributed by atoms with E-state index in [4.69, 9.17) is 15.2 Å². The van der Waals surface area contributed by atoms with E-state index in [1.165, 1.54) is 0 Å². The molecule has 0 aliphatic carbocycles. The number of nitrogens with two attached hydrogens (primary N) is 1. The number of methoxy groups -OCH3 is 2. The summed E-state index contributed by atoms with van der Waals surface area (Å²) in [6.45, 7) is 5.72. The Bertz CT molecular complexity index is 1580. The SMILES string of the molecule is COc1cc2nc(N3CCN(C(=O)CCc4ccc(/C=C5\N=C(C)C=C5C)n4B(F)F)CC3)nc(N)c2cc1OC. The molecule has 3 aromatic rings. The third-order valence-electron chi connectivity index (χ3n) is 7.37. The Morgan fingerprint density at radius 2 is 1.78 bits per heavy atom. The first-order valence-electron chi connectivity index (χ1n) is 13.3. The molecule has 10 nitrogen and oxygen atoms in total. The number of hydrogen-bond acceptors (Lipinski definition) is 8. The molecule has 1 fully saturated rings. The largest absolute Gasteiger partial charge is 0.677 e. The Balaban J connectivity index is 1.23. The summed E-state index contributed by atoms with van der Waals surface area (Å²) in [5.74, 6) is 1.78. The van der Waals surface area contributed by atoms with Crippen molar-refractivity contribution in [3.8, 4) is 11.5 Å². The Kier molecular flexibility index (Phi) is 7.95. The fraction of sp³-hybridized carbons (Fsp3) is 0.357. The maximum Gasteiger partial charge on any atom is 0.677 e. The number of fused-ring (bicyclic) bond motifs is 1. The molecule has 0 spiro atoms. The molecule has 2 aliphatic rings. The lowest BCUT2D eigenvalue weighted by molar-refractivity contribution is -0.131. The minimum atomic E-state index is -2.73. The molecule has 1 aromatic carbocycles. The molecule has 0 saturated carbocycles. The van der Waals surface area contributed by atoms with Crippen LogP contribution in [-0.4, -0.2) is 78.8 Å². The number of benzene rings is 1. The number of aliphatic imine (C=N–C) groups is 1. The van der Waals surface area contributed by atoms with Crippen LogP contribution in [0.25, 0.3) is 17.0 Å². The lowest BCUT2D eigenvalue weighted by Gasteiger charge is -2.35. The van der Waals surface area contributed by atoms with Crippen molar-refractivity contribution in [2.24, 2.45) is 4.99 Å². The van der Waals surface area contributed by atoms with E-state index in [-0.39, 0.29) is 18.7 Å². The summed E-state index contributed by atoms with van der Waals surface area (Å²) in [6, 6.07) is 6.80. The topological polar surface area (TPSA) is 111 Å². The fourth-order valence-corrected chi connectivity index (χ4v) is 5.21. The van der Waals surface area contributed by atoms with Gasteiger partial charge < -0.3 is 29.5 Å².